The van der Waals surface area contributed by atoms with Crippen molar-refractivity contribution in [1.29, 1.82) is 0 Å². The molecule has 0 fully saturated rings. The molecule has 0 bridgehead atoms. The molecule has 3 N–H and O–H groups in total. The highest BCUT2D eigenvalue weighted by molar-refractivity contribution is 5.85. The van der Waals surface area contributed by atoms with Crippen molar-refractivity contribution in [2.45, 2.75) is 12.5 Å². The van der Waals surface area contributed by atoms with E-state index < -0.39 is 17.3 Å². The van der Waals surface area contributed by atoms with Gasteiger partial charge < -0.3 is 11.1 Å². The van der Waals surface area contributed by atoms with Crippen LogP contribution in [0.3, 0.4) is 0 Å². The molecule has 0 radical (unpaired) electrons. The minimum atomic E-state index is -1.16. The summed E-state index contributed by atoms with van der Waals surface area (Å²) in [6, 6.07) is 6.07. The van der Waals surface area contributed by atoms with Crippen molar-refractivity contribution in [2.24, 2.45) is 5.73 Å². The number of primary amides is 1. The molecule has 1 rings (SSSR count). The summed E-state index contributed by atoms with van der Waals surface area (Å²) in [5.41, 5.74) is 4.31. The number of halogens is 1. The lowest BCUT2D eigenvalue weighted by atomic mass is 9.91. The van der Waals surface area contributed by atoms with Gasteiger partial charge in [0.1, 0.15) is 11.4 Å². The molecule has 0 saturated heterocycles. The van der Waals surface area contributed by atoms with Gasteiger partial charge in [0.15, 0.2) is 0 Å². The third-order valence-corrected chi connectivity index (χ3v) is 2.41. The van der Waals surface area contributed by atoms with Crippen molar-refractivity contribution in [3.05, 3.63) is 35.6 Å². The van der Waals surface area contributed by atoms with Crippen LogP contribution in [0.4, 0.5) is 4.39 Å². The molecule has 0 aliphatic carbocycles. The Morgan fingerprint density at radius 3 is 2.50 bits per heavy atom. The molecule has 0 aromatic heterocycles. The molecule has 1 aromatic carbocycles. The summed E-state index contributed by atoms with van der Waals surface area (Å²) in [4.78, 5) is 11.2. The second-order valence-electron chi connectivity index (χ2n) is 3.22. The predicted molar refractivity (Wildman–Crippen MR) is 52.0 cm³/mol. The maximum Gasteiger partial charge on any atom is 0.242 e. The van der Waals surface area contributed by atoms with E-state index in [0.717, 1.165) is 0 Å². The van der Waals surface area contributed by atoms with Crippen LogP contribution in [0, 0.1) is 5.82 Å². The van der Waals surface area contributed by atoms with Crippen LogP contribution in [0.25, 0.3) is 0 Å². The summed E-state index contributed by atoms with van der Waals surface area (Å²) < 4.78 is 13.4. The van der Waals surface area contributed by atoms with Crippen molar-refractivity contribution in [3.63, 3.8) is 0 Å². The van der Waals surface area contributed by atoms with Crippen LogP contribution in [-0.4, -0.2) is 13.0 Å². The highest BCUT2D eigenvalue weighted by atomic mass is 19.1. The maximum absolute atomic E-state index is 13.4. The Morgan fingerprint density at radius 1 is 1.50 bits per heavy atom. The van der Waals surface area contributed by atoms with E-state index in [1.54, 1.807) is 26.1 Å². The van der Waals surface area contributed by atoms with Gasteiger partial charge in [0.25, 0.3) is 0 Å². The summed E-state index contributed by atoms with van der Waals surface area (Å²) in [5.74, 6) is -1.05. The van der Waals surface area contributed by atoms with Crippen molar-refractivity contribution >= 4 is 5.91 Å². The fraction of sp³-hybridized carbons (Fsp3) is 0.300. The van der Waals surface area contributed by atoms with Crippen LogP contribution < -0.4 is 11.1 Å². The third-order valence-electron chi connectivity index (χ3n) is 2.41. The summed E-state index contributed by atoms with van der Waals surface area (Å²) in [6.45, 7) is 1.55. The van der Waals surface area contributed by atoms with E-state index in [2.05, 4.69) is 5.32 Å². The lowest BCUT2D eigenvalue weighted by Crippen LogP contribution is -2.49. The smallest absolute Gasteiger partial charge is 0.242 e. The largest absolute Gasteiger partial charge is 0.368 e. The number of nitrogens with two attached hydrogens (primary N) is 1. The average Bonchev–Trinajstić information content (AvgIpc) is 2.17. The fourth-order valence-electron chi connectivity index (χ4n) is 1.26. The zero-order chi connectivity index (χ0) is 10.8. The highest BCUT2D eigenvalue weighted by Gasteiger charge is 2.33. The van der Waals surface area contributed by atoms with Gasteiger partial charge in [-0.15, -0.1) is 0 Å². The maximum atomic E-state index is 13.4. The third kappa shape index (κ3) is 1.61. The number of hydrogen-bond donors (Lipinski definition) is 2. The molecule has 76 valence electrons. The van der Waals surface area contributed by atoms with Gasteiger partial charge in [-0.05, 0) is 20.0 Å². The first-order valence-electron chi connectivity index (χ1n) is 4.26. The molecule has 0 spiro atoms. The molecule has 0 heterocycles. The Labute approximate surface area is 82.1 Å². The first-order chi connectivity index (χ1) is 6.52. The van der Waals surface area contributed by atoms with Gasteiger partial charge >= 0.3 is 0 Å². The molecule has 0 aliphatic rings. The zero-order valence-electron chi connectivity index (χ0n) is 8.17. The minimum absolute atomic E-state index is 0.259. The number of carbonyl (C=O) groups is 1. The van der Waals surface area contributed by atoms with Gasteiger partial charge in [-0.3, -0.25) is 4.79 Å². The first-order valence-corrected chi connectivity index (χ1v) is 4.26. The highest BCUT2D eigenvalue weighted by Crippen LogP contribution is 2.22. The molecule has 3 nitrogen and oxygen atoms in total. The van der Waals surface area contributed by atoms with E-state index in [0.29, 0.717) is 0 Å². The molecule has 1 unspecified atom stereocenters. The average molecular weight is 196 g/mol. The van der Waals surface area contributed by atoms with Crippen LogP contribution in [0.1, 0.15) is 12.5 Å². The van der Waals surface area contributed by atoms with Crippen molar-refractivity contribution in [1.82, 2.24) is 5.32 Å². The van der Waals surface area contributed by atoms with Crippen LogP contribution in [0.2, 0.25) is 0 Å². The minimum Gasteiger partial charge on any atom is -0.368 e. The molecule has 0 aliphatic heterocycles. The normalized spacial score (nSPS) is 14.8. The quantitative estimate of drug-likeness (QED) is 0.749. The van der Waals surface area contributed by atoms with E-state index in [4.69, 9.17) is 5.73 Å². The van der Waals surface area contributed by atoms with E-state index in [1.807, 2.05) is 0 Å². The van der Waals surface area contributed by atoms with Crippen molar-refractivity contribution < 1.29 is 9.18 Å². The van der Waals surface area contributed by atoms with Gasteiger partial charge in [0.05, 0.1) is 0 Å². The molecule has 0 saturated carbocycles. The SMILES string of the molecule is CNC(C)(C(N)=O)c1ccccc1F. The lowest BCUT2D eigenvalue weighted by Gasteiger charge is -2.26. The second kappa shape index (κ2) is 3.75. The van der Waals surface area contributed by atoms with Crippen LogP contribution in [-0.2, 0) is 10.3 Å². The second-order valence-corrected chi connectivity index (χ2v) is 3.22. The molecular formula is C10H13FN2O. The van der Waals surface area contributed by atoms with Crippen LogP contribution in [0.15, 0.2) is 24.3 Å². The Kier molecular flexibility index (Phi) is 2.86. The van der Waals surface area contributed by atoms with Crippen LogP contribution >= 0.6 is 0 Å². The van der Waals surface area contributed by atoms with Gasteiger partial charge in [-0.1, -0.05) is 18.2 Å². The standard InChI is InChI=1S/C10H13FN2O/c1-10(13-2,9(12)14)7-5-3-4-6-8(7)11/h3-6,13H,1-2H3,(H2,12,14). The Hall–Kier alpha value is -1.42. The number of nitrogens with one attached hydrogen (secondary N) is 1. The summed E-state index contributed by atoms with van der Waals surface area (Å²) in [7, 11) is 1.57. The Balaban J connectivity index is 3.26. The topological polar surface area (TPSA) is 55.1 Å². The Morgan fingerprint density at radius 2 is 2.07 bits per heavy atom. The number of benzene rings is 1. The van der Waals surface area contributed by atoms with E-state index >= 15 is 0 Å². The first kappa shape index (κ1) is 10.7. The van der Waals surface area contributed by atoms with Gasteiger partial charge in [-0.2, -0.15) is 0 Å². The number of carbonyl (C=O) groups excluding carboxylic acids is 1. The Bertz CT molecular complexity index is 354. The predicted octanol–water partition coefficient (Wildman–Crippen LogP) is 0.746. The van der Waals surface area contributed by atoms with Crippen molar-refractivity contribution in [2.75, 3.05) is 7.05 Å². The molecular weight excluding hydrogens is 183 g/mol. The molecule has 1 amide bonds. The number of amides is 1. The van der Waals surface area contributed by atoms with Gasteiger partial charge in [-0.25, -0.2) is 4.39 Å². The van der Waals surface area contributed by atoms with E-state index in [-0.39, 0.29) is 5.56 Å². The van der Waals surface area contributed by atoms with E-state index in [9.17, 15) is 9.18 Å². The summed E-state index contributed by atoms with van der Waals surface area (Å²) in [6.07, 6.45) is 0. The number of likely N-dealkylation sites (N-methyl/N-ethyl adjacent to an activating group) is 1. The summed E-state index contributed by atoms with van der Waals surface area (Å²) >= 11 is 0. The van der Waals surface area contributed by atoms with Gasteiger partial charge in [0.2, 0.25) is 5.91 Å². The lowest BCUT2D eigenvalue weighted by molar-refractivity contribution is -0.124. The molecule has 4 heteroatoms. The fourth-order valence-corrected chi connectivity index (χ4v) is 1.26. The molecule has 1 aromatic rings. The van der Waals surface area contributed by atoms with Gasteiger partial charge in [0, 0.05) is 5.56 Å². The number of hydrogen-bond acceptors (Lipinski definition) is 2. The zero-order valence-corrected chi connectivity index (χ0v) is 8.17. The molecule has 1 atom stereocenters. The number of rotatable bonds is 3. The molecule has 14 heavy (non-hydrogen) atoms. The van der Waals surface area contributed by atoms with E-state index in [1.165, 1.54) is 12.1 Å². The van der Waals surface area contributed by atoms with Crippen molar-refractivity contribution in [3.8, 4) is 0 Å². The van der Waals surface area contributed by atoms with Crippen LogP contribution in [0.5, 0.6) is 0 Å². The summed E-state index contributed by atoms with van der Waals surface area (Å²) in [5, 5.41) is 2.72. The monoisotopic (exact) mass is 196 g/mol.